The molecular weight excluding hydrogens is 248 g/mol. The summed E-state index contributed by atoms with van der Waals surface area (Å²) in [6.07, 6.45) is 0.965. The molecule has 0 aromatic heterocycles. The van der Waals surface area contributed by atoms with Gasteiger partial charge in [0.25, 0.3) is 5.91 Å². The lowest BCUT2D eigenvalue weighted by molar-refractivity contribution is -0.136. The molecule has 1 saturated heterocycles. The molecule has 1 heterocycles. The Morgan fingerprint density at radius 2 is 1.79 bits per heavy atom. The van der Waals surface area contributed by atoms with Crippen LogP contribution in [0.4, 0.5) is 10.5 Å². The van der Waals surface area contributed by atoms with Crippen molar-refractivity contribution >= 4 is 23.5 Å². The highest BCUT2D eigenvalue weighted by Crippen LogP contribution is 2.49. The fourth-order valence-corrected chi connectivity index (χ4v) is 2.23. The summed E-state index contributed by atoms with van der Waals surface area (Å²) in [5.74, 6) is -0.955. The van der Waals surface area contributed by atoms with Crippen LogP contribution in [0.3, 0.4) is 0 Å². The van der Waals surface area contributed by atoms with E-state index in [0.29, 0.717) is 24.1 Å². The number of amides is 4. The van der Waals surface area contributed by atoms with E-state index in [0.717, 1.165) is 4.90 Å². The van der Waals surface area contributed by atoms with Crippen molar-refractivity contribution in [2.45, 2.75) is 19.4 Å². The summed E-state index contributed by atoms with van der Waals surface area (Å²) in [6.45, 7) is -0.108. The number of nitrogens with zero attached hydrogens (tertiary/aromatic N) is 1. The topological polar surface area (TPSA) is 86.7 Å². The fraction of sp³-hybridized carbons (Fsp3) is 0.308. The standard InChI is InChI=1S/C13H12N2O4/c16-7-8-1-3-9(4-2-8)15-11(18)13(5-6-13)10(17)14-12(15)19/h1-4,16H,5-7H2,(H,14,17,19). The van der Waals surface area contributed by atoms with Crippen molar-refractivity contribution in [1.82, 2.24) is 5.32 Å². The monoisotopic (exact) mass is 260 g/mol. The van der Waals surface area contributed by atoms with Gasteiger partial charge in [0.1, 0.15) is 5.41 Å². The summed E-state index contributed by atoms with van der Waals surface area (Å²) in [6, 6.07) is 5.70. The van der Waals surface area contributed by atoms with Gasteiger partial charge in [-0.3, -0.25) is 14.9 Å². The van der Waals surface area contributed by atoms with E-state index < -0.39 is 23.3 Å². The number of barbiturate groups is 1. The molecule has 3 rings (SSSR count). The molecule has 0 radical (unpaired) electrons. The first-order chi connectivity index (χ1) is 9.08. The van der Waals surface area contributed by atoms with Gasteiger partial charge in [-0.15, -0.1) is 0 Å². The Labute approximate surface area is 109 Å². The SMILES string of the molecule is O=C1NC(=O)C2(CC2)C(=O)N1c1ccc(CO)cc1. The third-order valence-electron chi connectivity index (χ3n) is 3.60. The van der Waals surface area contributed by atoms with Crippen molar-refractivity contribution in [3.8, 4) is 0 Å². The highest BCUT2D eigenvalue weighted by Gasteiger charge is 2.62. The van der Waals surface area contributed by atoms with Crippen LogP contribution < -0.4 is 10.2 Å². The molecule has 6 heteroatoms. The number of aliphatic hydroxyl groups is 1. The Kier molecular flexibility index (Phi) is 2.43. The zero-order valence-electron chi connectivity index (χ0n) is 10.0. The third-order valence-corrected chi connectivity index (χ3v) is 3.60. The third kappa shape index (κ3) is 1.64. The van der Waals surface area contributed by atoms with E-state index in [1.54, 1.807) is 24.3 Å². The Hall–Kier alpha value is -2.21. The van der Waals surface area contributed by atoms with Crippen molar-refractivity contribution in [3.05, 3.63) is 29.8 Å². The molecule has 1 aromatic rings. The second-order valence-corrected chi connectivity index (χ2v) is 4.81. The molecule has 1 aliphatic heterocycles. The number of urea groups is 1. The molecule has 6 nitrogen and oxygen atoms in total. The quantitative estimate of drug-likeness (QED) is 0.760. The van der Waals surface area contributed by atoms with Crippen LogP contribution in [-0.2, 0) is 16.2 Å². The predicted octanol–water partition coefficient (Wildman–Crippen LogP) is 0.542. The second-order valence-electron chi connectivity index (χ2n) is 4.81. The Morgan fingerprint density at radius 1 is 1.16 bits per heavy atom. The van der Waals surface area contributed by atoms with Gasteiger partial charge in [0.05, 0.1) is 12.3 Å². The minimum absolute atomic E-state index is 0.108. The fourth-order valence-electron chi connectivity index (χ4n) is 2.23. The number of carbonyl (C=O) groups is 3. The zero-order chi connectivity index (χ0) is 13.6. The number of imide groups is 2. The van der Waals surface area contributed by atoms with E-state index in [-0.39, 0.29) is 6.61 Å². The Balaban J connectivity index is 1.96. The van der Waals surface area contributed by atoms with Crippen molar-refractivity contribution in [2.24, 2.45) is 5.41 Å². The van der Waals surface area contributed by atoms with Crippen molar-refractivity contribution in [3.63, 3.8) is 0 Å². The number of carbonyl (C=O) groups excluding carboxylic acids is 3. The average Bonchev–Trinajstić information content (AvgIpc) is 3.19. The molecule has 19 heavy (non-hydrogen) atoms. The number of nitrogens with one attached hydrogen (secondary N) is 1. The molecule has 98 valence electrons. The Bertz CT molecular complexity index is 575. The van der Waals surface area contributed by atoms with Gasteiger partial charge in [0.2, 0.25) is 5.91 Å². The van der Waals surface area contributed by atoms with Crippen LogP contribution in [0.1, 0.15) is 18.4 Å². The number of aliphatic hydroxyl groups excluding tert-OH is 1. The van der Waals surface area contributed by atoms with E-state index in [1.165, 1.54) is 0 Å². The number of anilines is 1. The molecular formula is C13H12N2O4. The molecule has 0 bridgehead atoms. The van der Waals surface area contributed by atoms with E-state index in [2.05, 4.69) is 5.32 Å². The molecule has 1 aromatic carbocycles. The number of rotatable bonds is 2. The van der Waals surface area contributed by atoms with Crippen LogP contribution in [0.2, 0.25) is 0 Å². The summed E-state index contributed by atoms with van der Waals surface area (Å²) in [5, 5.41) is 11.2. The molecule has 2 fully saturated rings. The summed E-state index contributed by atoms with van der Waals surface area (Å²) in [5.41, 5.74) is 0.0492. The minimum Gasteiger partial charge on any atom is -0.392 e. The van der Waals surface area contributed by atoms with Gasteiger partial charge in [-0.2, -0.15) is 0 Å². The summed E-state index contributed by atoms with van der Waals surface area (Å²) in [7, 11) is 0. The Morgan fingerprint density at radius 3 is 2.32 bits per heavy atom. The summed E-state index contributed by atoms with van der Waals surface area (Å²) in [4.78, 5) is 36.7. The number of benzene rings is 1. The minimum atomic E-state index is -1.04. The highest BCUT2D eigenvalue weighted by atomic mass is 16.3. The van der Waals surface area contributed by atoms with Crippen LogP contribution in [0.5, 0.6) is 0 Å². The van der Waals surface area contributed by atoms with Crippen molar-refractivity contribution < 1.29 is 19.5 Å². The van der Waals surface area contributed by atoms with Crippen LogP contribution in [0, 0.1) is 5.41 Å². The van der Waals surface area contributed by atoms with Gasteiger partial charge in [-0.1, -0.05) is 12.1 Å². The van der Waals surface area contributed by atoms with Crippen LogP contribution >= 0.6 is 0 Å². The van der Waals surface area contributed by atoms with Gasteiger partial charge < -0.3 is 5.11 Å². The van der Waals surface area contributed by atoms with Crippen LogP contribution in [-0.4, -0.2) is 23.0 Å². The van der Waals surface area contributed by atoms with Crippen molar-refractivity contribution in [2.75, 3.05) is 4.90 Å². The summed E-state index contributed by atoms with van der Waals surface area (Å²) < 4.78 is 0. The van der Waals surface area contributed by atoms with E-state index in [1.807, 2.05) is 0 Å². The lowest BCUT2D eigenvalue weighted by Crippen LogP contribution is -2.59. The predicted molar refractivity (Wildman–Crippen MR) is 65.1 cm³/mol. The van der Waals surface area contributed by atoms with E-state index in [4.69, 9.17) is 5.11 Å². The first-order valence-corrected chi connectivity index (χ1v) is 5.98. The molecule has 2 N–H and O–H groups in total. The van der Waals surface area contributed by atoms with Crippen LogP contribution in [0.25, 0.3) is 0 Å². The first-order valence-electron chi connectivity index (χ1n) is 5.98. The van der Waals surface area contributed by atoms with Gasteiger partial charge in [0.15, 0.2) is 0 Å². The van der Waals surface area contributed by atoms with Gasteiger partial charge in [0, 0.05) is 0 Å². The molecule has 0 atom stereocenters. The molecule has 2 aliphatic rings. The lowest BCUT2D eigenvalue weighted by Gasteiger charge is -2.30. The zero-order valence-corrected chi connectivity index (χ0v) is 10.0. The molecule has 1 spiro atoms. The van der Waals surface area contributed by atoms with Crippen molar-refractivity contribution in [1.29, 1.82) is 0 Å². The normalized spacial score (nSPS) is 20.7. The van der Waals surface area contributed by atoms with Gasteiger partial charge >= 0.3 is 6.03 Å². The maximum atomic E-state index is 12.3. The maximum absolute atomic E-state index is 12.3. The van der Waals surface area contributed by atoms with E-state index in [9.17, 15) is 14.4 Å². The maximum Gasteiger partial charge on any atom is 0.335 e. The number of hydrogen-bond donors (Lipinski definition) is 2. The lowest BCUT2D eigenvalue weighted by atomic mass is 10.0. The molecule has 4 amide bonds. The van der Waals surface area contributed by atoms with Gasteiger partial charge in [-0.05, 0) is 30.5 Å². The molecule has 0 unspecified atom stereocenters. The highest BCUT2D eigenvalue weighted by molar-refractivity contribution is 6.31. The smallest absolute Gasteiger partial charge is 0.335 e. The first kappa shape index (κ1) is 11.9. The number of hydrogen-bond acceptors (Lipinski definition) is 4. The molecule has 1 aliphatic carbocycles. The van der Waals surface area contributed by atoms with Crippen LogP contribution in [0.15, 0.2) is 24.3 Å². The summed E-state index contributed by atoms with van der Waals surface area (Å²) >= 11 is 0. The molecule has 1 saturated carbocycles. The second kappa shape index (κ2) is 3.89. The van der Waals surface area contributed by atoms with Gasteiger partial charge in [-0.25, -0.2) is 9.69 Å². The van der Waals surface area contributed by atoms with E-state index >= 15 is 0 Å². The largest absolute Gasteiger partial charge is 0.392 e. The average molecular weight is 260 g/mol.